The van der Waals surface area contributed by atoms with E-state index in [1.165, 1.54) is 49.4 Å². The standard InChI is InChI=1S/C18H23NO3S/c20-17(10-11-19-12-13-23-18(19)21)22-16-8-6-15(7-9-16)14-4-2-1-3-5-14/h6-9,14H,1-5,10-13H2. The Labute approximate surface area is 141 Å². The van der Waals surface area contributed by atoms with Crippen molar-refractivity contribution in [1.29, 1.82) is 0 Å². The maximum absolute atomic E-state index is 11.9. The van der Waals surface area contributed by atoms with Crippen LogP contribution in [0, 0.1) is 0 Å². The number of nitrogens with zero attached hydrogens (tertiary/aromatic N) is 1. The van der Waals surface area contributed by atoms with Crippen LogP contribution in [0.4, 0.5) is 4.79 Å². The number of rotatable bonds is 5. The molecule has 0 spiro atoms. The molecule has 0 aromatic heterocycles. The van der Waals surface area contributed by atoms with Gasteiger partial charge < -0.3 is 9.64 Å². The summed E-state index contributed by atoms with van der Waals surface area (Å²) in [5.41, 5.74) is 1.35. The molecule has 1 amide bonds. The van der Waals surface area contributed by atoms with Gasteiger partial charge in [-0.25, -0.2) is 0 Å². The van der Waals surface area contributed by atoms with Gasteiger partial charge in [-0.15, -0.1) is 0 Å². The number of amides is 1. The summed E-state index contributed by atoms with van der Waals surface area (Å²) >= 11 is 1.31. The van der Waals surface area contributed by atoms with E-state index in [-0.39, 0.29) is 17.6 Å². The van der Waals surface area contributed by atoms with Crippen molar-refractivity contribution in [2.75, 3.05) is 18.8 Å². The quantitative estimate of drug-likeness (QED) is 0.598. The van der Waals surface area contributed by atoms with Crippen LogP contribution in [-0.4, -0.2) is 35.0 Å². The summed E-state index contributed by atoms with van der Waals surface area (Å²) in [5, 5.41) is 0.0645. The number of ether oxygens (including phenoxy) is 1. The van der Waals surface area contributed by atoms with Crippen molar-refractivity contribution < 1.29 is 14.3 Å². The minimum Gasteiger partial charge on any atom is -0.426 e. The van der Waals surface area contributed by atoms with Crippen molar-refractivity contribution in [2.45, 2.75) is 44.4 Å². The Balaban J connectivity index is 1.47. The number of hydrogen-bond acceptors (Lipinski definition) is 4. The van der Waals surface area contributed by atoms with Gasteiger partial charge in [0.05, 0.1) is 6.42 Å². The molecule has 0 atom stereocenters. The molecule has 0 bridgehead atoms. The lowest BCUT2D eigenvalue weighted by atomic mass is 9.84. The topological polar surface area (TPSA) is 46.6 Å². The van der Waals surface area contributed by atoms with Crippen molar-refractivity contribution in [3.63, 3.8) is 0 Å². The molecule has 2 aliphatic rings. The Bertz CT molecular complexity index is 552. The third kappa shape index (κ3) is 4.50. The first-order valence-electron chi connectivity index (χ1n) is 8.45. The summed E-state index contributed by atoms with van der Waals surface area (Å²) < 4.78 is 5.37. The van der Waals surface area contributed by atoms with E-state index < -0.39 is 0 Å². The van der Waals surface area contributed by atoms with Crippen LogP contribution in [0.5, 0.6) is 5.75 Å². The molecule has 0 unspecified atom stereocenters. The lowest BCUT2D eigenvalue weighted by Gasteiger charge is -2.22. The van der Waals surface area contributed by atoms with E-state index in [1.807, 2.05) is 12.1 Å². The van der Waals surface area contributed by atoms with Gasteiger partial charge in [-0.05, 0) is 36.5 Å². The van der Waals surface area contributed by atoms with Crippen molar-refractivity contribution in [3.05, 3.63) is 29.8 Å². The number of carbonyl (C=O) groups excluding carboxylic acids is 2. The average Bonchev–Trinajstić information content (AvgIpc) is 3.00. The fraction of sp³-hybridized carbons (Fsp3) is 0.556. The SMILES string of the molecule is O=C(CCN1CCSC1=O)Oc1ccc(C2CCCCC2)cc1. The third-order valence-corrected chi connectivity index (χ3v) is 5.51. The molecule has 2 fully saturated rings. The van der Waals surface area contributed by atoms with Crippen molar-refractivity contribution in [2.24, 2.45) is 0 Å². The number of thioether (sulfide) groups is 1. The van der Waals surface area contributed by atoms with Gasteiger partial charge in [0.25, 0.3) is 5.24 Å². The number of benzene rings is 1. The molecule has 124 valence electrons. The van der Waals surface area contributed by atoms with E-state index in [0.717, 1.165) is 12.3 Å². The summed E-state index contributed by atoms with van der Waals surface area (Å²) in [5.74, 6) is 1.79. The van der Waals surface area contributed by atoms with Gasteiger partial charge in [-0.1, -0.05) is 43.2 Å². The summed E-state index contributed by atoms with van der Waals surface area (Å²) in [6.07, 6.45) is 6.76. The second-order valence-corrected chi connectivity index (χ2v) is 7.28. The first kappa shape index (κ1) is 16.4. The largest absolute Gasteiger partial charge is 0.426 e. The first-order chi connectivity index (χ1) is 11.2. The molecule has 23 heavy (non-hydrogen) atoms. The second-order valence-electron chi connectivity index (χ2n) is 6.23. The summed E-state index contributed by atoms with van der Waals surface area (Å²) in [4.78, 5) is 25.1. The van der Waals surface area contributed by atoms with Crippen LogP contribution in [0.15, 0.2) is 24.3 Å². The van der Waals surface area contributed by atoms with Gasteiger partial charge >= 0.3 is 5.97 Å². The maximum atomic E-state index is 11.9. The number of hydrogen-bond donors (Lipinski definition) is 0. The lowest BCUT2D eigenvalue weighted by molar-refractivity contribution is -0.134. The highest BCUT2D eigenvalue weighted by Gasteiger charge is 2.22. The Morgan fingerprint density at radius 2 is 1.91 bits per heavy atom. The second kappa shape index (κ2) is 7.86. The first-order valence-corrected chi connectivity index (χ1v) is 9.43. The zero-order valence-electron chi connectivity index (χ0n) is 13.3. The Kier molecular flexibility index (Phi) is 5.60. The summed E-state index contributed by atoms with van der Waals surface area (Å²) in [7, 11) is 0. The normalized spacial score (nSPS) is 19.1. The van der Waals surface area contributed by atoms with Crippen LogP contribution in [0.2, 0.25) is 0 Å². The fourth-order valence-electron chi connectivity index (χ4n) is 3.28. The van der Waals surface area contributed by atoms with Crippen LogP contribution < -0.4 is 4.74 Å². The van der Waals surface area contributed by atoms with E-state index in [2.05, 4.69) is 12.1 Å². The summed E-state index contributed by atoms with van der Waals surface area (Å²) in [6.45, 7) is 1.18. The predicted molar refractivity (Wildman–Crippen MR) is 91.9 cm³/mol. The number of carbonyl (C=O) groups is 2. The number of esters is 1. The van der Waals surface area contributed by atoms with Gasteiger partial charge in [0, 0.05) is 18.8 Å². The Morgan fingerprint density at radius 1 is 1.17 bits per heavy atom. The van der Waals surface area contributed by atoms with Crippen LogP contribution in [-0.2, 0) is 4.79 Å². The Morgan fingerprint density at radius 3 is 2.57 bits per heavy atom. The van der Waals surface area contributed by atoms with Crippen LogP contribution in [0.3, 0.4) is 0 Å². The molecule has 1 aromatic rings. The van der Waals surface area contributed by atoms with E-state index in [0.29, 0.717) is 18.2 Å². The highest BCUT2D eigenvalue weighted by molar-refractivity contribution is 8.13. The van der Waals surface area contributed by atoms with Crippen molar-refractivity contribution in [1.82, 2.24) is 4.90 Å². The predicted octanol–water partition coefficient (Wildman–Crippen LogP) is 4.20. The van der Waals surface area contributed by atoms with Gasteiger partial charge in [0.15, 0.2) is 0 Å². The van der Waals surface area contributed by atoms with E-state index >= 15 is 0 Å². The highest BCUT2D eigenvalue weighted by Crippen LogP contribution is 2.33. The molecule has 0 N–H and O–H groups in total. The molecule has 4 nitrogen and oxygen atoms in total. The molecule has 3 rings (SSSR count). The summed E-state index contributed by atoms with van der Waals surface area (Å²) in [6, 6.07) is 7.94. The van der Waals surface area contributed by atoms with E-state index in [1.54, 1.807) is 4.90 Å². The molecular formula is C18H23NO3S. The van der Waals surface area contributed by atoms with Gasteiger partial charge in [0.2, 0.25) is 0 Å². The third-order valence-electron chi connectivity index (χ3n) is 4.62. The lowest BCUT2D eigenvalue weighted by Crippen LogP contribution is -2.27. The van der Waals surface area contributed by atoms with Crippen LogP contribution in [0.25, 0.3) is 0 Å². The van der Waals surface area contributed by atoms with Gasteiger partial charge in [-0.3, -0.25) is 9.59 Å². The van der Waals surface area contributed by atoms with Crippen LogP contribution >= 0.6 is 11.8 Å². The molecule has 1 saturated heterocycles. The van der Waals surface area contributed by atoms with Crippen molar-refractivity contribution >= 4 is 23.0 Å². The fourth-order valence-corrected chi connectivity index (χ4v) is 4.13. The highest BCUT2D eigenvalue weighted by atomic mass is 32.2. The van der Waals surface area contributed by atoms with Gasteiger partial charge in [-0.2, -0.15) is 0 Å². The minimum atomic E-state index is -0.278. The molecule has 1 saturated carbocycles. The molecule has 1 aromatic carbocycles. The molecule has 1 heterocycles. The minimum absolute atomic E-state index is 0.0645. The molecular weight excluding hydrogens is 310 g/mol. The average molecular weight is 333 g/mol. The van der Waals surface area contributed by atoms with Gasteiger partial charge in [0.1, 0.15) is 5.75 Å². The molecule has 5 heteroatoms. The maximum Gasteiger partial charge on any atom is 0.312 e. The zero-order chi connectivity index (χ0) is 16.1. The smallest absolute Gasteiger partial charge is 0.312 e. The zero-order valence-corrected chi connectivity index (χ0v) is 14.1. The Hall–Kier alpha value is -1.49. The van der Waals surface area contributed by atoms with Crippen molar-refractivity contribution in [3.8, 4) is 5.75 Å². The molecule has 1 aliphatic carbocycles. The molecule has 0 radical (unpaired) electrons. The van der Waals surface area contributed by atoms with E-state index in [4.69, 9.17) is 4.74 Å². The monoisotopic (exact) mass is 333 g/mol. The molecule has 1 aliphatic heterocycles. The van der Waals surface area contributed by atoms with E-state index in [9.17, 15) is 9.59 Å². The van der Waals surface area contributed by atoms with Crippen LogP contribution in [0.1, 0.15) is 50.0 Å².